The SMILES string of the molecule is Cc1ccc(SCc2ccc(Cl)c(N)c2)c(C)c1. The standard InChI is InChI=1S/C15H16ClNS/c1-10-3-6-15(11(2)7-10)18-9-12-4-5-13(16)14(17)8-12/h3-8H,9,17H2,1-2H3. The first-order valence-corrected chi connectivity index (χ1v) is 7.16. The Labute approximate surface area is 117 Å². The molecule has 0 unspecified atom stereocenters. The predicted molar refractivity (Wildman–Crippen MR) is 81.3 cm³/mol. The molecule has 0 bridgehead atoms. The van der Waals surface area contributed by atoms with E-state index in [2.05, 4.69) is 32.0 Å². The molecule has 0 aliphatic carbocycles. The van der Waals surface area contributed by atoms with Gasteiger partial charge in [-0.1, -0.05) is 35.4 Å². The smallest absolute Gasteiger partial charge is 0.0635 e. The van der Waals surface area contributed by atoms with Crippen molar-refractivity contribution in [2.75, 3.05) is 5.73 Å². The molecule has 2 rings (SSSR count). The number of anilines is 1. The highest BCUT2D eigenvalue weighted by Gasteiger charge is 2.02. The van der Waals surface area contributed by atoms with Crippen LogP contribution in [0.4, 0.5) is 5.69 Å². The molecule has 2 N–H and O–H groups in total. The number of benzene rings is 2. The molecule has 0 fully saturated rings. The van der Waals surface area contributed by atoms with Gasteiger partial charge in [-0.2, -0.15) is 0 Å². The van der Waals surface area contributed by atoms with Crippen LogP contribution in [0.2, 0.25) is 5.02 Å². The second-order valence-electron chi connectivity index (χ2n) is 4.41. The number of thioether (sulfide) groups is 1. The second kappa shape index (κ2) is 5.68. The summed E-state index contributed by atoms with van der Waals surface area (Å²) in [6, 6.07) is 12.3. The Bertz CT molecular complexity index is 566. The van der Waals surface area contributed by atoms with E-state index < -0.39 is 0 Å². The summed E-state index contributed by atoms with van der Waals surface area (Å²) in [5.41, 5.74) is 10.3. The van der Waals surface area contributed by atoms with Crippen LogP contribution in [-0.2, 0) is 5.75 Å². The van der Waals surface area contributed by atoms with Crippen molar-refractivity contribution >= 4 is 29.1 Å². The zero-order valence-corrected chi connectivity index (χ0v) is 12.1. The highest BCUT2D eigenvalue weighted by Crippen LogP contribution is 2.28. The maximum Gasteiger partial charge on any atom is 0.0635 e. The van der Waals surface area contributed by atoms with Gasteiger partial charge in [-0.15, -0.1) is 11.8 Å². The Hall–Kier alpha value is -1.12. The van der Waals surface area contributed by atoms with Crippen molar-refractivity contribution in [2.24, 2.45) is 0 Å². The molecule has 0 aromatic heterocycles. The van der Waals surface area contributed by atoms with Gasteiger partial charge in [0.1, 0.15) is 0 Å². The van der Waals surface area contributed by atoms with Crippen LogP contribution in [0.15, 0.2) is 41.3 Å². The lowest BCUT2D eigenvalue weighted by atomic mass is 10.2. The average Bonchev–Trinajstić information content (AvgIpc) is 2.32. The maximum absolute atomic E-state index is 5.91. The van der Waals surface area contributed by atoms with Gasteiger partial charge in [-0.05, 0) is 43.2 Å². The van der Waals surface area contributed by atoms with Crippen LogP contribution in [0.5, 0.6) is 0 Å². The fourth-order valence-corrected chi connectivity index (χ4v) is 2.88. The van der Waals surface area contributed by atoms with Crippen LogP contribution in [-0.4, -0.2) is 0 Å². The zero-order valence-electron chi connectivity index (χ0n) is 10.5. The Morgan fingerprint density at radius 1 is 1.11 bits per heavy atom. The lowest BCUT2D eigenvalue weighted by molar-refractivity contribution is 1.25. The molecule has 0 spiro atoms. The van der Waals surface area contributed by atoms with E-state index in [1.807, 2.05) is 30.0 Å². The van der Waals surface area contributed by atoms with Gasteiger partial charge in [0, 0.05) is 10.6 Å². The molecule has 0 aliphatic rings. The van der Waals surface area contributed by atoms with Crippen LogP contribution in [0, 0.1) is 13.8 Å². The van der Waals surface area contributed by atoms with Crippen LogP contribution in [0.3, 0.4) is 0 Å². The van der Waals surface area contributed by atoms with Crippen molar-refractivity contribution < 1.29 is 0 Å². The van der Waals surface area contributed by atoms with Crippen LogP contribution in [0.25, 0.3) is 0 Å². The highest BCUT2D eigenvalue weighted by molar-refractivity contribution is 7.98. The largest absolute Gasteiger partial charge is 0.398 e. The highest BCUT2D eigenvalue weighted by atomic mass is 35.5. The first-order valence-electron chi connectivity index (χ1n) is 5.80. The van der Waals surface area contributed by atoms with Gasteiger partial charge in [0.2, 0.25) is 0 Å². The minimum absolute atomic E-state index is 0.621. The summed E-state index contributed by atoms with van der Waals surface area (Å²) in [6.45, 7) is 4.26. The van der Waals surface area contributed by atoms with Gasteiger partial charge < -0.3 is 5.73 Å². The van der Waals surface area contributed by atoms with Crippen molar-refractivity contribution in [1.29, 1.82) is 0 Å². The van der Waals surface area contributed by atoms with Gasteiger partial charge in [0.05, 0.1) is 10.7 Å². The maximum atomic E-state index is 5.91. The first-order chi connectivity index (χ1) is 8.56. The number of rotatable bonds is 3. The molecule has 3 heteroatoms. The fourth-order valence-electron chi connectivity index (χ4n) is 1.81. The van der Waals surface area contributed by atoms with E-state index in [1.54, 1.807) is 0 Å². The van der Waals surface area contributed by atoms with Crippen molar-refractivity contribution in [3.8, 4) is 0 Å². The normalized spacial score (nSPS) is 10.6. The summed E-state index contributed by atoms with van der Waals surface area (Å²) in [6.07, 6.45) is 0. The van der Waals surface area contributed by atoms with Crippen molar-refractivity contribution in [2.45, 2.75) is 24.5 Å². The van der Waals surface area contributed by atoms with E-state index in [9.17, 15) is 0 Å². The number of aryl methyl sites for hydroxylation is 2. The topological polar surface area (TPSA) is 26.0 Å². The Morgan fingerprint density at radius 2 is 1.89 bits per heavy atom. The summed E-state index contributed by atoms with van der Waals surface area (Å²) in [7, 11) is 0. The third-order valence-corrected chi connectivity index (χ3v) is 4.38. The number of hydrogen-bond acceptors (Lipinski definition) is 2. The fraction of sp³-hybridized carbons (Fsp3) is 0.200. The van der Waals surface area contributed by atoms with Gasteiger partial charge in [-0.25, -0.2) is 0 Å². The van der Waals surface area contributed by atoms with Gasteiger partial charge in [0.25, 0.3) is 0 Å². The van der Waals surface area contributed by atoms with Gasteiger partial charge in [0.15, 0.2) is 0 Å². The van der Waals surface area contributed by atoms with Crippen LogP contribution >= 0.6 is 23.4 Å². The molecule has 2 aromatic carbocycles. The molecule has 2 aromatic rings. The average molecular weight is 278 g/mol. The van der Waals surface area contributed by atoms with Gasteiger partial charge >= 0.3 is 0 Å². The minimum atomic E-state index is 0.621. The molecular weight excluding hydrogens is 262 g/mol. The quantitative estimate of drug-likeness (QED) is 0.642. The number of halogens is 1. The summed E-state index contributed by atoms with van der Waals surface area (Å²) in [5, 5.41) is 0.621. The van der Waals surface area contributed by atoms with E-state index in [-0.39, 0.29) is 0 Å². The van der Waals surface area contributed by atoms with E-state index in [0.29, 0.717) is 10.7 Å². The predicted octanol–water partition coefficient (Wildman–Crippen LogP) is 4.83. The summed E-state index contributed by atoms with van der Waals surface area (Å²) in [4.78, 5) is 1.31. The third-order valence-electron chi connectivity index (χ3n) is 2.79. The monoisotopic (exact) mass is 277 g/mol. The molecule has 0 atom stereocenters. The number of nitrogen functional groups attached to an aromatic ring is 1. The van der Waals surface area contributed by atoms with E-state index >= 15 is 0 Å². The number of hydrogen-bond donors (Lipinski definition) is 1. The van der Waals surface area contributed by atoms with Crippen molar-refractivity contribution in [3.05, 3.63) is 58.1 Å². The molecular formula is C15H16ClNS. The van der Waals surface area contributed by atoms with Gasteiger partial charge in [-0.3, -0.25) is 0 Å². The molecule has 94 valence electrons. The molecule has 18 heavy (non-hydrogen) atoms. The van der Waals surface area contributed by atoms with E-state index in [0.717, 1.165) is 5.75 Å². The molecule has 0 amide bonds. The lowest BCUT2D eigenvalue weighted by Crippen LogP contribution is -1.89. The zero-order chi connectivity index (χ0) is 13.1. The second-order valence-corrected chi connectivity index (χ2v) is 5.84. The lowest BCUT2D eigenvalue weighted by Gasteiger charge is -2.07. The molecule has 0 aliphatic heterocycles. The number of nitrogens with two attached hydrogens (primary N) is 1. The van der Waals surface area contributed by atoms with Crippen molar-refractivity contribution in [3.63, 3.8) is 0 Å². The summed E-state index contributed by atoms with van der Waals surface area (Å²) in [5.74, 6) is 0.908. The molecule has 0 saturated heterocycles. The van der Waals surface area contributed by atoms with E-state index in [1.165, 1.54) is 21.6 Å². The molecule has 0 heterocycles. The Morgan fingerprint density at radius 3 is 2.56 bits per heavy atom. The first kappa shape index (κ1) is 13.3. The minimum Gasteiger partial charge on any atom is -0.398 e. The summed E-state index contributed by atoms with van der Waals surface area (Å²) >= 11 is 7.73. The van der Waals surface area contributed by atoms with Crippen LogP contribution in [0.1, 0.15) is 16.7 Å². The van der Waals surface area contributed by atoms with Crippen LogP contribution < -0.4 is 5.73 Å². The van der Waals surface area contributed by atoms with E-state index in [4.69, 9.17) is 17.3 Å². The third kappa shape index (κ3) is 3.21. The Balaban J connectivity index is 2.09. The molecule has 1 nitrogen and oxygen atoms in total. The Kier molecular flexibility index (Phi) is 4.20. The molecule has 0 radical (unpaired) electrons. The molecule has 0 saturated carbocycles. The van der Waals surface area contributed by atoms with Crippen molar-refractivity contribution in [1.82, 2.24) is 0 Å². The summed E-state index contributed by atoms with van der Waals surface area (Å²) < 4.78 is 0.